The maximum absolute atomic E-state index is 5.48. The molecule has 2 aromatic carbocycles. The lowest BCUT2D eigenvalue weighted by Gasteiger charge is -2.27. The molecule has 170 valence electrons. The van der Waals surface area contributed by atoms with E-state index in [0.29, 0.717) is 6.54 Å². The van der Waals surface area contributed by atoms with Crippen molar-refractivity contribution in [2.45, 2.75) is 26.6 Å². The SMILES string of the molecule is CCNC(=NCc1ccccc1CN1CCOCC1)N(C)Cc1ccc(OC)cc1.I. The van der Waals surface area contributed by atoms with Gasteiger partial charge >= 0.3 is 0 Å². The Morgan fingerprint density at radius 3 is 2.42 bits per heavy atom. The quantitative estimate of drug-likeness (QED) is 0.316. The Labute approximate surface area is 203 Å². The minimum absolute atomic E-state index is 0. The average molecular weight is 538 g/mol. The van der Waals surface area contributed by atoms with Gasteiger partial charge in [-0.2, -0.15) is 0 Å². The van der Waals surface area contributed by atoms with Crippen molar-refractivity contribution in [3.05, 3.63) is 65.2 Å². The van der Waals surface area contributed by atoms with Gasteiger partial charge in [-0.05, 0) is 35.7 Å². The van der Waals surface area contributed by atoms with Crippen molar-refractivity contribution < 1.29 is 9.47 Å². The molecule has 7 heteroatoms. The van der Waals surface area contributed by atoms with E-state index in [4.69, 9.17) is 14.5 Å². The van der Waals surface area contributed by atoms with Crippen LogP contribution in [0, 0.1) is 0 Å². The highest BCUT2D eigenvalue weighted by atomic mass is 127. The topological polar surface area (TPSA) is 49.3 Å². The minimum Gasteiger partial charge on any atom is -0.497 e. The molecule has 0 bridgehead atoms. The predicted octanol–water partition coefficient (Wildman–Crippen LogP) is 3.74. The lowest BCUT2D eigenvalue weighted by atomic mass is 10.1. The van der Waals surface area contributed by atoms with Gasteiger partial charge in [0.15, 0.2) is 5.96 Å². The molecule has 0 saturated carbocycles. The third kappa shape index (κ3) is 7.97. The van der Waals surface area contributed by atoms with E-state index in [2.05, 4.69) is 65.5 Å². The van der Waals surface area contributed by atoms with Gasteiger partial charge in [0.25, 0.3) is 0 Å². The van der Waals surface area contributed by atoms with Crippen molar-refractivity contribution in [3.8, 4) is 5.75 Å². The summed E-state index contributed by atoms with van der Waals surface area (Å²) in [5.74, 6) is 1.79. The Balaban J connectivity index is 0.00000341. The van der Waals surface area contributed by atoms with Gasteiger partial charge < -0.3 is 19.7 Å². The van der Waals surface area contributed by atoms with Gasteiger partial charge in [-0.15, -0.1) is 24.0 Å². The zero-order valence-electron chi connectivity index (χ0n) is 18.8. The largest absolute Gasteiger partial charge is 0.497 e. The molecule has 0 aliphatic carbocycles. The molecule has 0 radical (unpaired) electrons. The number of ether oxygens (including phenoxy) is 2. The summed E-state index contributed by atoms with van der Waals surface area (Å²) in [5, 5.41) is 3.42. The minimum atomic E-state index is 0. The molecule has 0 unspecified atom stereocenters. The Morgan fingerprint density at radius 1 is 1.10 bits per heavy atom. The second-order valence-corrected chi connectivity index (χ2v) is 7.53. The molecule has 0 atom stereocenters. The molecule has 6 nitrogen and oxygen atoms in total. The van der Waals surface area contributed by atoms with E-state index in [9.17, 15) is 0 Å². The standard InChI is InChI=1S/C24H34N4O2.HI/c1-4-25-24(27(2)18-20-9-11-23(29-3)12-10-20)26-17-21-7-5-6-8-22(21)19-28-13-15-30-16-14-28;/h5-12H,4,13-19H2,1-3H3,(H,25,26);1H. The van der Waals surface area contributed by atoms with Gasteiger partial charge in [-0.1, -0.05) is 36.4 Å². The molecule has 1 aliphatic heterocycles. The van der Waals surface area contributed by atoms with Crippen LogP contribution in [0.5, 0.6) is 5.75 Å². The molecule has 1 N–H and O–H groups in total. The molecule has 1 saturated heterocycles. The third-order valence-electron chi connectivity index (χ3n) is 5.29. The average Bonchev–Trinajstić information content (AvgIpc) is 2.78. The van der Waals surface area contributed by atoms with Crippen LogP contribution in [0.2, 0.25) is 0 Å². The summed E-state index contributed by atoms with van der Waals surface area (Å²) >= 11 is 0. The number of benzene rings is 2. The number of hydrogen-bond acceptors (Lipinski definition) is 4. The van der Waals surface area contributed by atoms with E-state index in [1.165, 1.54) is 16.7 Å². The summed E-state index contributed by atoms with van der Waals surface area (Å²) < 4.78 is 10.7. The molecule has 1 fully saturated rings. The number of halogens is 1. The predicted molar refractivity (Wildman–Crippen MR) is 137 cm³/mol. The molecule has 1 aliphatic rings. The zero-order valence-corrected chi connectivity index (χ0v) is 21.2. The van der Waals surface area contributed by atoms with Crippen LogP contribution in [0.1, 0.15) is 23.6 Å². The molecule has 0 aromatic heterocycles. The van der Waals surface area contributed by atoms with Crippen molar-refractivity contribution in [2.24, 2.45) is 4.99 Å². The van der Waals surface area contributed by atoms with Crippen molar-refractivity contribution in [1.29, 1.82) is 0 Å². The first kappa shape index (κ1) is 25.4. The third-order valence-corrected chi connectivity index (χ3v) is 5.29. The summed E-state index contributed by atoms with van der Waals surface area (Å²) in [6, 6.07) is 16.8. The Morgan fingerprint density at radius 2 is 1.77 bits per heavy atom. The van der Waals surface area contributed by atoms with Crippen molar-refractivity contribution in [2.75, 3.05) is 47.0 Å². The molecule has 1 heterocycles. The van der Waals surface area contributed by atoms with E-state index in [1.807, 2.05) is 12.1 Å². The number of nitrogens with zero attached hydrogens (tertiary/aromatic N) is 3. The smallest absolute Gasteiger partial charge is 0.194 e. The summed E-state index contributed by atoms with van der Waals surface area (Å²) in [6.07, 6.45) is 0. The monoisotopic (exact) mass is 538 g/mol. The Kier molecular flexibility index (Phi) is 11.1. The number of methoxy groups -OCH3 is 1. The number of guanidine groups is 1. The lowest BCUT2D eigenvalue weighted by Crippen LogP contribution is -2.38. The molecule has 31 heavy (non-hydrogen) atoms. The number of morpholine rings is 1. The highest BCUT2D eigenvalue weighted by molar-refractivity contribution is 14.0. The number of nitrogens with one attached hydrogen (secondary N) is 1. The van der Waals surface area contributed by atoms with Crippen molar-refractivity contribution >= 4 is 29.9 Å². The van der Waals surface area contributed by atoms with Crippen molar-refractivity contribution in [3.63, 3.8) is 0 Å². The van der Waals surface area contributed by atoms with E-state index >= 15 is 0 Å². The maximum atomic E-state index is 5.48. The van der Waals surface area contributed by atoms with Crippen LogP contribution >= 0.6 is 24.0 Å². The van der Waals surface area contributed by atoms with Crippen LogP contribution in [0.15, 0.2) is 53.5 Å². The normalized spacial score (nSPS) is 14.6. The van der Waals surface area contributed by atoms with E-state index in [-0.39, 0.29) is 24.0 Å². The first-order valence-electron chi connectivity index (χ1n) is 10.7. The van der Waals surface area contributed by atoms with Gasteiger partial charge in [0, 0.05) is 39.8 Å². The maximum Gasteiger partial charge on any atom is 0.194 e. The second kappa shape index (κ2) is 13.5. The molecular weight excluding hydrogens is 503 g/mol. The van der Waals surface area contributed by atoms with Gasteiger partial charge in [-0.3, -0.25) is 4.90 Å². The van der Waals surface area contributed by atoms with Crippen LogP contribution in [-0.4, -0.2) is 62.8 Å². The van der Waals surface area contributed by atoms with Gasteiger partial charge in [0.2, 0.25) is 0 Å². The number of hydrogen-bond donors (Lipinski definition) is 1. The molecular formula is C24H35IN4O2. The summed E-state index contributed by atoms with van der Waals surface area (Å²) in [6.45, 7) is 8.95. The van der Waals surface area contributed by atoms with Gasteiger partial charge in [0.05, 0.1) is 26.9 Å². The summed E-state index contributed by atoms with van der Waals surface area (Å²) in [4.78, 5) is 9.54. The molecule has 2 aromatic rings. The van der Waals surface area contributed by atoms with Crippen molar-refractivity contribution in [1.82, 2.24) is 15.1 Å². The highest BCUT2D eigenvalue weighted by Crippen LogP contribution is 2.15. The van der Waals surface area contributed by atoms with E-state index < -0.39 is 0 Å². The van der Waals surface area contributed by atoms with Crippen LogP contribution in [0.3, 0.4) is 0 Å². The molecule has 0 spiro atoms. The van der Waals surface area contributed by atoms with Crippen LogP contribution in [0.25, 0.3) is 0 Å². The second-order valence-electron chi connectivity index (χ2n) is 7.53. The summed E-state index contributed by atoms with van der Waals surface area (Å²) in [7, 11) is 3.76. The Hall–Kier alpha value is -1.84. The first-order valence-corrected chi connectivity index (χ1v) is 10.7. The lowest BCUT2D eigenvalue weighted by molar-refractivity contribution is 0.0341. The first-order chi connectivity index (χ1) is 14.7. The van der Waals surface area contributed by atoms with Gasteiger partial charge in [-0.25, -0.2) is 4.99 Å². The highest BCUT2D eigenvalue weighted by Gasteiger charge is 2.13. The fraction of sp³-hybridized carbons (Fsp3) is 0.458. The number of aliphatic imine (C=N–C) groups is 1. The Bertz CT molecular complexity index is 807. The molecule has 0 amide bonds. The van der Waals surface area contributed by atoms with E-state index in [1.54, 1.807) is 7.11 Å². The van der Waals surface area contributed by atoms with Gasteiger partial charge in [0.1, 0.15) is 5.75 Å². The van der Waals surface area contributed by atoms with Crippen LogP contribution < -0.4 is 10.1 Å². The van der Waals surface area contributed by atoms with E-state index in [0.717, 1.165) is 57.6 Å². The molecule has 3 rings (SSSR count). The van der Waals surface area contributed by atoms with Crippen LogP contribution in [0.4, 0.5) is 0 Å². The fourth-order valence-electron chi connectivity index (χ4n) is 3.58. The number of rotatable bonds is 8. The fourth-order valence-corrected chi connectivity index (χ4v) is 3.58. The van der Waals surface area contributed by atoms with Crippen LogP contribution in [-0.2, 0) is 24.4 Å². The summed E-state index contributed by atoms with van der Waals surface area (Å²) in [5.41, 5.74) is 3.84. The zero-order chi connectivity index (χ0) is 21.2.